The summed E-state index contributed by atoms with van der Waals surface area (Å²) in [7, 11) is -2.11. The molecule has 1 N–H and O–H groups in total. The molecule has 2 aromatic rings. The number of benzene rings is 1. The van der Waals surface area contributed by atoms with Crippen molar-refractivity contribution in [3.05, 3.63) is 35.3 Å². The molecule has 1 atom stereocenters. The van der Waals surface area contributed by atoms with Crippen LogP contribution in [0.1, 0.15) is 18.5 Å². The van der Waals surface area contributed by atoms with Gasteiger partial charge in [0.2, 0.25) is 15.9 Å². The molecule has 0 unspecified atom stereocenters. The maximum Gasteiger partial charge on any atom is 0.243 e. The number of rotatable bonds is 5. The van der Waals surface area contributed by atoms with Crippen LogP contribution in [0, 0.1) is 12.8 Å². The number of carbonyl (C=O) groups excluding carboxylic acids is 1. The number of nitrogens with one attached hydrogen (secondary N) is 1. The van der Waals surface area contributed by atoms with Crippen molar-refractivity contribution in [3.63, 3.8) is 0 Å². The van der Waals surface area contributed by atoms with E-state index >= 15 is 0 Å². The average Bonchev–Trinajstić information content (AvgIpc) is 3.06. The third-order valence-electron chi connectivity index (χ3n) is 4.30. The number of carbonyl (C=O) groups is 1. The third-order valence-corrected chi connectivity index (χ3v) is 7.06. The van der Waals surface area contributed by atoms with E-state index in [1.54, 1.807) is 12.1 Å². The molecule has 1 saturated heterocycles. The Hall–Kier alpha value is -1.97. The predicted octanol–water partition coefficient (Wildman–Crippen LogP) is 2.50. The van der Waals surface area contributed by atoms with Crippen LogP contribution in [0.15, 0.2) is 34.5 Å². The Bertz CT molecular complexity index is 878. The van der Waals surface area contributed by atoms with E-state index in [2.05, 4.69) is 10.3 Å². The van der Waals surface area contributed by atoms with Crippen molar-refractivity contribution in [1.29, 1.82) is 0 Å². The van der Waals surface area contributed by atoms with Gasteiger partial charge < -0.3 is 10.1 Å². The first kappa shape index (κ1) is 18.8. The zero-order valence-corrected chi connectivity index (χ0v) is 16.3. The summed E-state index contributed by atoms with van der Waals surface area (Å²) in [6.45, 7) is 2.44. The van der Waals surface area contributed by atoms with Crippen LogP contribution >= 0.6 is 11.3 Å². The minimum Gasteiger partial charge on any atom is -0.497 e. The molecule has 1 fully saturated rings. The normalized spacial score (nSPS) is 18.5. The monoisotopic (exact) mass is 395 g/mol. The van der Waals surface area contributed by atoms with Crippen LogP contribution in [-0.2, 0) is 14.8 Å². The lowest BCUT2D eigenvalue weighted by atomic mass is 9.99. The second-order valence-corrected chi connectivity index (χ2v) is 8.96. The van der Waals surface area contributed by atoms with E-state index in [9.17, 15) is 13.2 Å². The van der Waals surface area contributed by atoms with Crippen LogP contribution in [0.2, 0.25) is 0 Å². The van der Waals surface area contributed by atoms with E-state index < -0.39 is 10.0 Å². The fourth-order valence-electron chi connectivity index (χ4n) is 2.89. The van der Waals surface area contributed by atoms with Gasteiger partial charge in [-0.2, -0.15) is 4.31 Å². The van der Waals surface area contributed by atoms with Crippen molar-refractivity contribution in [1.82, 2.24) is 9.29 Å². The third kappa shape index (κ3) is 4.05. The van der Waals surface area contributed by atoms with Gasteiger partial charge in [-0.15, -0.1) is 11.3 Å². The number of amides is 1. The van der Waals surface area contributed by atoms with Gasteiger partial charge in [-0.3, -0.25) is 4.79 Å². The highest BCUT2D eigenvalue weighted by atomic mass is 32.2. The van der Waals surface area contributed by atoms with Gasteiger partial charge in [-0.25, -0.2) is 13.4 Å². The van der Waals surface area contributed by atoms with Gasteiger partial charge in [0.15, 0.2) is 5.13 Å². The second kappa shape index (κ2) is 7.73. The van der Waals surface area contributed by atoms with E-state index in [0.717, 1.165) is 5.69 Å². The lowest BCUT2D eigenvalue weighted by Gasteiger charge is -2.31. The van der Waals surface area contributed by atoms with Crippen LogP contribution < -0.4 is 10.1 Å². The van der Waals surface area contributed by atoms with Gasteiger partial charge in [0.05, 0.1) is 23.6 Å². The minimum absolute atomic E-state index is 0.171. The molecule has 0 radical (unpaired) electrons. The van der Waals surface area contributed by atoms with Crippen molar-refractivity contribution in [3.8, 4) is 5.75 Å². The van der Waals surface area contributed by atoms with Gasteiger partial charge in [-0.1, -0.05) is 0 Å². The molecule has 26 heavy (non-hydrogen) atoms. The van der Waals surface area contributed by atoms with Crippen molar-refractivity contribution in [2.24, 2.45) is 5.92 Å². The summed E-state index contributed by atoms with van der Waals surface area (Å²) in [4.78, 5) is 16.9. The molecule has 7 nitrogen and oxygen atoms in total. The summed E-state index contributed by atoms with van der Waals surface area (Å²) >= 11 is 1.36. The van der Waals surface area contributed by atoms with Gasteiger partial charge in [0.1, 0.15) is 5.75 Å². The first-order valence-corrected chi connectivity index (χ1v) is 10.6. The van der Waals surface area contributed by atoms with Crippen LogP contribution in [0.5, 0.6) is 5.75 Å². The topological polar surface area (TPSA) is 88.6 Å². The highest BCUT2D eigenvalue weighted by molar-refractivity contribution is 7.89. The number of nitrogens with zero attached hydrogens (tertiary/aromatic N) is 2. The molecule has 0 aliphatic carbocycles. The van der Waals surface area contributed by atoms with Crippen molar-refractivity contribution in [2.75, 3.05) is 25.5 Å². The van der Waals surface area contributed by atoms with Gasteiger partial charge in [0, 0.05) is 18.5 Å². The van der Waals surface area contributed by atoms with Crippen LogP contribution in [0.25, 0.3) is 0 Å². The molecule has 140 valence electrons. The lowest BCUT2D eigenvalue weighted by Crippen LogP contribution is -2.43. The average molecular weight is 396 g/mol. The molecule has 1 aromatic heterocycles. The Morgan fingerprint density at radius 3 is 2.69 bits per heavy atom. The number of ether oxygens (including phenoxy) is 1. The van der Waals surface area contributed by atoms with E-state index in [0.29, 0.717) is 30.3 Å². The smallest absolute Gasteiger partial charge is 0.243 e. The second-order valence-electron chi connectivity index (χ2n) is 6.16. The summed E-state index contributed by atoms with van der Waals surface area (Å²) in [5, 5.41) is 5.19. The Kier molecular flexibility index (Phi) is 5.59. The quantitative estimate of drug-likeness (QED) is 0.840. The van der Waals surface area contributed by atoms with Crippen molar-refractivity contribution >= 4 is 32.4 Å². The van der Waals surface area contributed by atoms with Gasteiger partial charge >= 0.3 is 0 Å². The Morgan fingerprint density at radius 2 is 2.08 bits per heavy atom. The minimum atomic E-state index is -3.64. The molecule has 0 spiro atoms. The SMILES string of the molecule is COc1ccc(S(=O)(=O)N2CCC[C@H](C(=O)Nc3nc(C)cs3)C2)cc1. The van der Waals surface area contributed by atoms with Crippen LogP contribution in [0.4, 0.5) is 5.13 Å². The summed E-state index contributed by atoms with van der Waals surface area (Å²) in [5.74, 6) is 0.0218. The molecule has 0 saturated carbocycles. The molecular formula is C17H21N3O4S2. The van der Waals surface area contributed by atoms with E-state index in [1.165, 1.54) is 34.9 Å². The largest absolute Gasteiger partial charge is 0.497 e. The molecule has 1 aromatic carbocycles. The summed E-state index contributed by atoms with van der Waals surface area (Å²) in [6.07, 6.45) is 1.30. The molecule has 1 amide bonds. The summed E-state index contributed by atoms with van der Waals surface area (Å²) in [5.41, 5.74) is 0.845. The number of aryl methyl sites for hydroxylation is 1. The van der Waals surface area contributed by atoms with Gasteiger partial charge in [-0.05, 0) is 44.0 Å². The zero-order chi connectivity index (χ0) is 18.7. The van der Waals surface area contributed by atoms with E-state index in [4.69, 9.17) is 4.74 Å². The number of sulfonamides is 1. The molecule has 0 bridgehead atoms. The number of hydrogen-bond acceptors (Lipinski definition) is 6. The molecule has 1 aliphatic heterocycles. The first-order chi connectivity index (χ1) is 12.4. The fraction of sp³-hybridized carbons (Fsp3) is 0.412. The zero-order valence-electron chi connectivity index (χ0n) is 14.6. The number of hydrogen-bond donors (Lipinski definition) is 1. The standard InChI is InChI=1S/C17H21N3O4S2/c1-12-11-25-17(18-12)19-16(21)13-4-3-9-20(10-13)26(22,23)15-7-5-14(24-2)6-8-15/h5-8,11,13H,3-4,9-10H2,1-2H3,(H,18,19,21)/t13-/m0/s1. The Labute approximate surface area is 157 Å². The number of thiazole rings is 1. The number of aromatic nitrogens is 1. The first-order valence-electron chi connectivity index (χ1n) is 8.27. The maximum absolute atomic E-state index is 12.9. The van der Waals surface area contributed by atoms with Crippen LogP contribution in [-0.4, -0.2) is 43.8 Å². The molecular weight excluding hydrogens is 374 g/mol. The Balaban J connectivity index is 1.71. The van der Waals surface area contributed by atoms with Crippen molar-refractivity contribution < 1.29 is 17.9 Å². The number of anilines is 1. The number of methoxy groups -OCH3 is 1. The predicted molar refractivity (Wildman–Crippen MR) is 100.0 cm³/mol. The van der Waals surface area contributed by atoms with Crippen molar-refractivity contribution in [2.45, 2.75) is 24.7 Å². The molecule has 9 heteroatoms. The molecule has 2 heterocycles. The molecule has 3 rings (SSSR count). The summed E-state index contributed by atoms with van der Waals surface area (Å²) in [6, 6.07) is 6.28. The van der Waals surface area contributed by atoms with Crippen LogP contribution in [0.3, 0.4) is 0 Å². The van der Waals surface area contributed by atoms with E-state index in [1.807, 2.05) is 12.3 Å². The van der Waals surface area contributed by atoms with Gasteiger partial charge in [0.25, 0.3) is 0 Å². The highest BCUT2D eigenvalue weighted by Gasteiger charge is 2.33. The summed E-state index contributed by atoms with van der Waals surface area (Å²) < 4.78 is 32.2. The maximum atomic E-state index is 12.9. The lowest BCUT2D eigenvalue weighted by molar-refractivity contribution is -0.120. The van der Waals surface area contributed by atoms with E-state index in [-0.39, 0.29) is 23.3 Å². The molecule has 1 aliphatic rings. The highest BCUT2D eigenvalue weighted by Crippen LogP contribution is 2.26. The Morgan fingerprint density at radius 1 is 1.35 bits per heavy atom. The fourth-order valence-corrected chi connectivity index (χ4v) is 5.11. The number of piperidine rings is 1.